The maximum Gasteiger partial charge on any atom is 0.323 e. The first-order valence-electron chi connectivity index (χ1n) is 13.1. The lowest BCUT2D eigenvalue weighted by Gasteiger charge is -2.36. The van der Waals surface area contributed by atoms with Crippen LogP contribution in [0.15, 0.2) is 42.5 Å². The summed E-state index contributed by atoms with van der Waals surface area (Å²) in [6.07, 6.45) is 3.90. The zero-order valence-electron chi connectivity index (χ0n) is 22.1. The highest BCUT2D eigenvalue weighted by molar-refractivity contribution is 6.01. The van der Waals surface area contributed by atoms with Crippen LogP contribution in [0.5, 0.6) is 0 Å². The summed E-state index contributed by atoms with van der Waals surface area (Å²) < 4.78 is 0. The standard InChI is InChI=1S/C29H42N4O2/c1-6-7-8-12-27(34)33-19-17-32(18-20-33)24-15-13-23(14-16-24)30-29(35)31-28-25(21(2)3)10-9-11-26(28)22(4)5/h9-11,13-16,21-22H,6-8,12,17-20H2,1-5H3,(H2,30,31,35). The molecule has 1 fully saturated rings. The number of anilines is 3. The molecule has 1 heterocycles. The number of benzene rings is 2. The summed E-state index contributed by atoms with van der Waals surface area (Å²) in [5, 5.41) is 6.08. The second kappa shape index (κ2) is 12.6. The Hall–Kier alpha value is -3.02. The Balaban J connectivity index is 1.56. The summed E-state index contributed by atoms with van der Waals surface area (Å²) in [5.41, 5.74) is 5.06. The van der Waals surface area contributed by atoms with E-state index in [1.54, 1.807) is 0 Å². The molecule has 1 aliphatic heterocycles. The summed E-state index contributed by atoms with van der Waals surface area (Å²) in [6, 6.07) is 14.0. The minimum atomic E-state index is -0.233. The minimum Gasteiger partial charge on any atom is -0.368 e. The molecule has 0 aliphatic carbocycles. The molecule has 190 valence electrons. The van der Waals surface area contributed by atoms with Crippen LogP contribution in [0.1, 0.15) is 83.3 Å². The van der Waals surface area contributed by atoms with Gasteiger partial charge in [0.15, 0.2) is 0 Å². The third-order valence-corrected chi connectivity index (χ3v) is 6.73. The lowest BCUT2D eigenvalue weighted by molar-refractivity contribution is -0.131. The summed E-state index contributed by atoms with van der Waals surface area (Å²) in [7, 11) is 0. The van der Waals surface area contributed by atoms with Gasteiger partial charge in [0.05, 0.1) is 0 Å². The Labute approximate surface area is 211 Å². The number of nitrogens with one attached hydrogen (secondary N) is 2. The first-order valence-corrected chi connectivity index (χ1v) is 13.1. The Bertz CT molecular complexity index is 950. The predicted octanol–water partition coefficient (Wildman–Crippen LogP) is 6.81. The van der Waals surface area contributed by atoms with Gasteiger partial charge in [0.1, 0.15) is 0 Å². The van der Waals surface area contributed by atoms with Crippen LogP contribution in [-0.2, 0) is 4.79 Å². The van der Waals surface area contributed by atoms with E-state index >= 15 is 0 Å². The quantitative estimate of drug-likeness (QED) is 0.389. The Morgan fingerprint density at radius 3 is 1.97 bits per heavy atom. The van der Waals surface area contributed by atoms with Crippen molar-refractivity contribution in [3.63, 3.8) is 0 Å². The number of carbonyl (C=O) groups is 2. The van der Waals surface area contributed by atoms with E-state index in [4.69, 9.17) is 0 Å². The molecule has 0 aromatic heterocycles. The van der Waals surface area contributed by atoms with E-state index < -0.39 is 0 Å². The fourth-order valence-electron chi connectivity index (χ4n) is 4.63. The van der Waals surface area contributed by atoms with Crippen LogP contribution in [0.3, 0.4) is 0 Å². The molecule has 6 nitrogen and oxygen atoms in total. The normalized spacial score (nSPS) is 13.9. The molecule has 2 aromatic carbocycles. The van der Waals surface area contributed by atoms with Crippen LogP contribution >= 0.6 is 0 Å². The molecule has 0 spiro atoms. The van der Waals surface area contributed by atoms with E-state index in [1.165, 1.54) is 0 Å². The number of amides is 3. The number of rotatable bonds is 9. The van der Waals surface area contributed by atoms with Gasteiger partial charge in [-0.15, -0.1) is 0 Å². The second-order valence-corrected chi connectivity index (χ2v) is 10.1. The second-order valence-electron chi connectivity index (χ2n) is 10.1. The highest BCUT2D eigenvalue weighted by atomic mass is 16.2. The Morgan fingerprint density at radius 2 is 1.43 bits per heavy atom. The molecule has 0 saturated carbocycles. The molecular formula is C29H42N4O2. The fraction of sp³-hybridized carbons (Fsp3) is 0.517. The average molecular weight is 479 g/mol. The SMILES string of the molecule is CCCCCC(=O)N1CCN(c2ccc(NC(=O)Nc3c(C(C)C)cccc3C(C)C)cc2)CC1. The zero-order valence-corrected chi connectivity index (χ0v) is 22.1. The first kappa shape index (κ1) is 26.6. The van der Waals surface area contributed by atoms with Gasteiger partial charge in [0.2, 0.25) is 5.91 Å². The molecule has 1 saturated heterocycles. The molecule has 0 atom stereocenters. The number of urea groups is 1. The fourth-order valence-corrected chi connectivity index (χ4v) is 4.63. The maximum atomic E-state index is 12.8. The topological polar surface area (TPSA) is 64.7 Å². The van der Waals surface area contributed by atoms with Crippen molar-refractivity contribution >= 4 is 29.0 Å². The van der Waals surface area contributed by atoms with Gasteiger partial charge in [-0.25, -0.2) is 4.79 Å². The number of carbonyl (C=O) groups excluding carboxylic acids is 2. The molecule has 3 amide bonds. The average Bonchev–Trinajstić information content (AvgIpc) is 2.84. The molecule has 3 rings (SSSR count). The molecule has 2 N–H and O–H groups in total. The van der Waals surface area contributed by atoms with Crippen molar-refractivity contribution in [2.45, 2.75) is 72.1 Å². The highest BCUT2D eigenvalue weighted by Crippen LogP contribution is 2.32. The number of nitrogens with zero attached hydrogens (tertiary/aromatic N) is 2. The van der Waals surface area contributed by atoms with Crippen LogP contribution in [0.2, 0.25) is 0 Å². The van der Waals surface area contributed by atoms with Crippen molar-refractivity contribution in [1.82, 2.24) is 4.90 Å². The van der Waals surface area contributed by atoms with E-state index in [-0.39, 0.29) is 11.9 Å². The molecule has 0 radical (unpaired) electrons. The van der Waals surface area contributed by atoms with Crippen molar-refractivity contribution < 1.29 is 9.59 Å². The van der Waals surface area contributed by atoms with Crippen molar-refractivity contribution in [3.05, 3.63) is 53.6 Å². The van der Waals surface area contributed by atoms with Crippen molar-refractivity contribution in [3.8, 4) is 0 Å². The van der Waals surface area contributed by atoms with Crippen molar-refractivity contribution in [2.24, 2.45) is 0 Å². The molecule has 2 aromatic rings. The van der Waals surface area contributed by atoms with Gasteiger partial charge in [-0.05, 0) is 53.6 Å². The Morgan fingerprint density at radius 1 is 0.829 bits per heavy atom. The summed E-state index contributed by atoms with van der Waals surface area (Å²) in [5.74, 6) is 0.911. The van der Waals surface area contributed by atoms with E-state index in [0.29, 0.717) is 18.3 Å². The van der Waals surface area contributed by atoms with E-state index in [2.05, 4.69) is 68.4 Å². The number of unbranched alkanes of at least 4 members (excludes halogenated alkanes) is 2. The van der Waals surface area contributed by atoms with Crippen LogP contribution in [-0.4, -0.2) is 43.0 Å². The van der Waals surface area contributed by atoms with Gasteiger partial charge in [0, 0.05) is 49.7 Å². The van der Waals surface area contributed by atoms with Crippen LogP contribution < -0.4 is 15.5 Å². The maximum absolute atomic E-state index is 12.8. The number of para-hydroxylation sites is 1. The summed E-state index contributed by atoms with van der Waals surface area (Å²) in [6.45, 7) is 13.9. The van der Waals surface area contributed by atoms with Gasteiger partial charge in [-0.3, -0.25) is 4.79 Å². The number of piperazine rings is 1. The lowest BCUT2D eigenvalue weighted by Crippen LogP contribution is -2.48. The van der Waals surface area contributed by atoms with Gasteiger partial charge >= 0.3 is 6.03 Å². The van der Waals surface area contributed by atoms with Crippen molar-refractivity contribution in [1.29, 1.82) is 0 Å². The number of hydrogen-bond acceptors (Lipinski definition) is 3. The third-order valence-electron chi connectivity index (χ3n) is 6.73. The molecule has 1 aliphatic rings. The predicted molar refractivity (Wildman–Crippen MR) is 147 cm³/mol. The van der Waals surface area contributed by atoms with E-state index in [9.17, 15) is 9.59 Å². The van der Waals surface area contributed by atoms with Crippen LogP contribution in [0, 0.1) is 0 Å². The monoisotopic (exact) mass is 478 g/mol. The minimum absolute atomic E-state index is 0.233. The van der Waals surface area contributed by atoms with Crippen LogP contribution in [0.25, 0.3) is 0 Å². The van der Waals surface area contributed by atoms with Gasteiger partial charge in [0.25, 0.3) is 0 Å². The third kappa shape index (κ3) is 7.23. The van der Waals surface area contributed by atoms with Gasteiger partial charge < -0.3 is 20.4 Å². The van der Waals surface area contributed by atoms with E-state index in [0.717, 1.165) is 73.6 Å². The molecule has 35 heavy (non-hydrogen) atoms. The number of hydrogen-bond donors (Lipinski definition) is 2. The van der Waals surface area contributed by atoms with Gasteiger partial charge in [-0.2, -0.15) is 0 Å². The Kier molecular flexibility index (Phi) is 9.58. The summed E-state index contributed by atoms with van der Waals surface area (Å²) >= 11 is 0. The molecule has 0 bridgehead atoms. The van der Waals surface area contributed by atoms with Crippen LogP contribution in [0.4, 0.5) is 21.9 Å². The van der Waals surface area contributed by atoms with E-state index in [1.807, 2.05) is 29.2 Å². The molecule has 6 heteroatoms. The summed E-state index contributed by atoms with van der Waals surface area (Å²) in [4.78, 5) is 29.5. The highest BCUT2D eigenvalue weighted by Gasteiger charge is 2.21. The first-order chi connectivity index (χ1) is 16.8. The van der Waals surface area contributed by atoms with Gasteiger partial charge in [-0.1, -0.05) is 65.7 Å². The molecule has 0 unspecified atom stereocenters. The lowest BCUT2D eigenvalue weighted by atomic mass is 9.93. The zero-order chi connectivity index (χ0) is 25.4. The van der Waals surface area contributed by atoms with Crippen molar-refractivity contribution in [2.75, 3.05) is 41.7 Å². The largest absolute Gasteiger partial charge is 0.368 e. The molecular weight excluding hydrogens is 436 g/mol. The smallest absolute Gasteiger partial charge is 0.323 e.